The highest BCUT2D eigenvalue weighted by Crippen LogP contribution is 2.26. The van der Waals surface area contributed by atoms with E-state index in [1.54, 1.807) is 6.20 Å². The minimum Gasteiger partial charge on any atom is -0.338 e. The van der Waals surface area contributed by atoms with Crippen molar-refractivity contribution >= 4 is 17.6 Å². The molecule has 0 radical (unpaired) electrons. The van der Waals surface area contributed by atoms with Crippen LogP contribution in [0.4, 0.5) is 10.5 Å². The number of hydrogen-bond donors (Lipinski definition) is 3. The average molecular weight is 341 g/mol. The lowest BCUT2D eigenvalue weighted by Gasteiger charge is -2.20. The third-order valence-corrected chi connectivity index (χ3v) is 4.28. The zero-order chi connectivity index (χ0) is 17.6. The van der Waals surface area contributed by atoms with Crippen LogP contribution >= 0.6 is 0 Å². The fraction of sp³-hybridized carbons (Fsp3) is 0.389. The van der Waals surface area contributed by atoms with E-state index >= 15 is 0 Å². The number of amides is 3. The Morgan fingerprint density at radius 2 is 2.28 bits per heavy atom. The highest BCUT2D eigenvalue weighted by molar-refractivity contribution is 5.93. The molecule has 3 amide bonds. The van der Waals surface area contributed by atoms with E-state index in [0.717, 1.165) is 36.2 Å². The molecular formula is C18H23N5O2. The van der Waals surface area contributed by atoms with Crippen molar-refractivity contribution in [3.63, 3.8) is 0 Å². The molecule has 0 saturated carbocycles. The number of nitrogens with one attached hydrogen (secondary N) is 3. The van der Waals surface area contributed by atoms with Gasteiger partial charge in [-0.05, 0) is 43.0 Å². The Kier molecular flexibility index (Phi) is 5.33. The highest BCUT2D eigenvalue weighted by atomic mass is 16.2. The van der Waals surface area contributed by atoms with Crippen LogP contribution in [0.2, 0.25) is 0 Å². The van der Waals surface area contributed by atoms with E-state index in [1.165, 1.54) is 0 Å². The Balaban J connectivity index is 1.45. The lowest BCUT2D eigenvalue weighted by atomic mass is 9.98. The summed E-state index contributed by atoms with van der Waals surface area (Å²) in [5, 5.41) is 12.8. The molecule has 3 N–H and O–H groups in total. The summed E-state index contributed by atoms with van der Waals surface area (Å²) in [6.45, 7) is 3.32. The minimum atomic E-state index is -0.181. The van der Waals surface area contributed by atoms with Gasteiger partial charge in [0, 0.05) is 37.6 Å². The van der Waals surface area contributed by atoms with Crippen molar-refractivity contribution in [2.45, 2.75) is 38.8 Å². The second-order valence-electron chi connectivity index (χ2n) is 6.21. The molecule has 1 aromatic heterocycles. The number of rotatable bonds is 6. The number of aryl methyl sites for hydroxylation is 2. The van der Waals surface area contributed by atoms with Crippen LogP contribution in [0.25, 0.3) is 0 Å². The van der Waals surface area contributed by atoms with Gasteiger partial charge in [-0.2, -0.15) is 5.10 Å². The summed E-state index contributed by atoms with van der Waals surface area (Å²) in [4.78, 5) is 23.4. The van der Waals surface area contributed by atoms with E-state index in [4.69, 9.17) is 0 Å². The Hall–Kier alpha value is -2.83. The smallest absolute Gasteiger partial charge is 0.315 e. The van der Waals surface area contributed by atoms with Gasteiger partial charge in [0.15, 0.2) is 0 Å². The summed E-state index contributed by atoms with van der Waals surface area (Å²) in [6.07, 6.45) is 5.71. The van der Waals surface area contributed by atoms with Crippen LogP contribution in [0.1, 0.15) is 36.9 Å². The first-order valence-electron chi connectivity index (χ1n) is 8.56. The van der Waals surface area contributed by atoms with Crippen LogP contribution in [0.15, 0.2) is 36.7 Å². The van der Waals surface area contributed by atoms with E-state index in [1.807, 2.05) is 36.0 Å². The maximum absolute atomic E-state index is 12.0. The van der Waals surface area contributed by atoms with E-state index in [-0.39, 0.29) is 18.0 Å². The third kappa shape index (κ3) is 4.59. The van der Waals surface area contributed by atoms with E-state index in [9.17, 15) is 9.59 Å². The number of hydrogen-bond acceptors (Lipinski definition) is 3. The van der Waals surface area contributed by atoms with Gasteiger partial charge in [0.2, 0.25) is 5.91 Å². The standard InChI is InChI=1S/C18H23N5O2/c1-13(14-4-6-16-15(12-14)5-7-17(24)22-16)21-18(25)19-8-2-10-23-11-3-9-20-23/h3-4,6,9,11-13H,2,5,7-8,10H2,1H3,(H,22,24)(H2,19,21,25). The van der Waals surface area contributed by atoms with Gasteiger partial charge in [0.25, 0.3) is 0 Å². The lowest BCUT2D eigenvalue weighted by Crippen LogP contribution is -2.37. The van der Waals surface area contributed by atoms with Crippen molar-refractivity contribution < 1.29 is 9.59 Å². The second kappa shape index (κ2) is 7.83. The van der Waals surface area contributed by atoms with Crippen molar-refractivity contribution in [2.24, 2.45) is 0 Å². The van der Waals surface area contributed by atoms with Gasteiger partial charge in [-0.15, -0.1) is 0 Å². The number of carbonyl (C=O) groups is 2. The van der Waals surface area contributed by atoms with E-state index < -0.39 is 0 Å². The Labute approximate surface area is 146 Å². The summed E-state index contributed by atoms with van der Waals surface area (Å²) < 4.78 is 1.84. The molecule has 3 rings (SSSR count). The third-order valence-electron chi connectivity index (χ3n) is 4.28. The molecule has 7 heteroatoms. The first-order chi connectivity index (χ1) is 12.1. The highest BCUT2D eigenvalue weighted by Gasteiger charge is 2.17. The van der Waals surface area contributed by atoms with Crippen LogP contribution in [0, 0.1) is 0 Å². The molecule has 1 aliphatic rings. The normalized spacial score (nSPS) is 14.4. The Morgan fingerprint density at radius 3 is 3.08 bits per heavy atom. The first-order valence-corrected chi connectivity index (χ1v) is 8.56. The number of fused-ring (bicyclic) bond motifs is 1. The monoisotopic (exact) mass is 341 g/mol. The molecule has 0 fully saturated rings. The molecule has 0 saturated heterocycles. The predicted molar refractivity (Wildman–Crippen MR) is 95.2 cm³/mol. The fourth-order valence-electron chi connectivity index (χ4n) is 2.88. The molecule has 2 heterocycles. The van der Waals surface area contributed by atoms with Crippen molar-refractivity contribution in [2.75, 3.05) is 11.9 Å². The quantitative estimate of drug-likeness (QED) is 0.704. The number of urea groups is 1. The maximum atomic E-state index is 12.0. The molecule has 1 aromatic carbocycles. The molecular weight excluding hydrogens is 318 g/mol. The summed E-state index contributed by atoms with van der Waals surface area (Å²) in [7, 11) is 0. The van der Waals surface area contributed by atoms with Gasteiger partial charge in [0.1, 0.15) is 0 Å². The van der Waals surface area contributed by atoms with Crippen molar-refractivity contribution in [1.29, 1.82) is 0 Å². The summed E-state index contributed by atoms with van der Waals surface area (Å²) in [6, 6.07) is 7.49. The minimum absolute atomic E-state index is 0.0564. The fourth-order valence-corrected chi connectivity index (χ4v) is 2.88. The van der Waals surface area contributed by atoms with Crippen LogP contribution in [-0.2, 0) is 17.8 Å². The number of nitrogens with zero attached hydrogens (tertiary/aromatic N) is 2. The molecule has 2 aromatic rings. The van der Waals surface area contributed by atoms with Crippen molar-refractivity contribution in [1.82, 2.24) is 20.4 Å². The predicted octanol–water partition coefficient (Wildman–Crippen LogP) is 2.22. The zero-order valence-electron chi connectivity index (χ0n) is 14.3. The number of benzene rings is 1. The number of carbonyl (C=O) groups excluding carboxylic acids is 2. The van der Waals surface area contributed by atoms with Crippen LogP contribution in [0.3, 0.4) is 0 Å². The van der Waals surface area contributed by atoms with Gasteiger partial charge in [-0.25, -0.2) is 4.79 Å². The molecule has 7 nitrogen and oxygen atoms in total. The molecule has 0 bridgehead atoms. The first kappa shape index (κ1) is 17.0. The zero-order valence-corrected chi connectivity index (χ0v) is 14.3. The molecule has 25 heavy (non-hydrogen) atoms. The summed E-state index contributed by atoms with van der Waals surface area (Å²) in [5.74, 6) is 0.0564. The molecule has 1 unspecified atom stereocenters. The van der Waals surface area contributed by atoms with Crippen LogP contribution < -0.4 is 16.0 Å². The van der Waals surface area contributed by atoms with Crippen LogP contribution in [0.5, 0.6) is 0 Å². The lowest BCUT2D eigenvalue weighted by molar-refractivity contribution is -0.116. The number of anilines is 1. The molecule has 0 spiro atoms. The van der Waals surface area contributed by atoms with E-state index in [2.05, 4.69) is 27.1 Å². The molecule has 0 aliphatic carbocycles. The van der Waals surface area contributed by atoms with Gasteiger partial charge < -0.3 is 16.0 Å². The Morgan fingerprint density at radius 1 is 1.40 bits per heavy atom. The van der Waals surface area contributed by atoms with Crippen molar-refractivity contribution in [3.05, 3.63) is 47.8 Å². The molecule has 1 atom stereocenters. The van der Waals surface area contributed by atoms with Gasteiger partial charge >= 0.3 is 6.03 Å². The molecule has 132 valence electrons. The van der Waals surface area contributed by atoms with Gasteiger partial charge in [-0.1, -0.05) is 12.1 Å². The maximum Gasteiger partial charge on any atom is 0.315 e. The average Bonchev–Trinajstić information content (AvgIpc) is 3.11. The largest absolute Gasteiger partial charge is 0.338 e. The van der Waals surface area contributed by atoms with Crippen molar-refractivity contribution in [3.8, 4) is 0 Å². The van der Waals surface area contributed by atoms with Gasteiger partial charge in [-0.3, -0.25) is 9.48 Å². The van der Waals surface area contributed by atoms with E-state index in [0.29, 0.717) is 13.0 Å². The summed E-state index contributed by atoms with van der Waals surface area (Å²) in [5.41, 5.74) is 3.02. The Bertz CT molecular complexity index is 742. The number of aromatic nitrogens is 2. The topological polar surface area (TPSA) is 88.1 Å². The molecule has 1 aliphatic heterocycles. The summed E-state index contributed by atoms with van der Waals surface area (Å²) >= 11 is 0. The van der Waals surface area contributed by atoms with Crippen LogP contribution in [-0.4, -0.2) is 28.3 Å². The SMILES string of the molecule is CC(NC(=O)NCCCn1cccn1)c1ccc2c(c1)CCC(=O)N2. The second-order valence-corrected chi connectivity index (χ2v) is 6.21. The van der Waals surface area contributed by atoms with Gasteiger partial charge in [0.05, 0.1) is 6.04 Å².